The number of nitrogens with zero attached hydrogens (tertiary/aromatic N) is 2. The molecular formula is C18H18ClFN2O4S. The quantitative estimate of drug-likeness (QED) is 0.756. The van der Waals surface area contributed by atoms with Crippen molar-refractivity contribution in [2.24, 2.45) is 0 Å². The standard InChI is InChI=1S/C18H18ClFN2O4S/c19-14-4-3-5-15(12-14)27(24,25)22-10-8-21(9-11-22)18(23)13-26-17-7-2-1-6-16(17)20/h1-7,12H,8-11,13H2. The van der Waals surface area contributed by atoms with Gasteiger partial charge in [-0.15, -0.1) is 0 Å². The predicted octanol–water partition coefficient (Wildman–Crippen LogP) is 2.39. The fraction of sp³-hybridized carbons (Fsp3) is 0.278. The lowest BCUT2D eigenvalue weighted by Crippen LogP contribution is -2.51. The number of halogens is 2. The number of para-hydroxylation sites is 1. The van der Waals surface area contributed by atoms with Crippen LogP contribution in [0, 0.1) is 5.82 Å². The molecule has 0 bridgehead atoms. The molecule has 0 aromatic heterocycles. The van der Waals surface area contributed by atoms with Gasteiger partial charge in [0.1, 0.15) is 0 Å². The van der Waals surface area contributed by atoms with Crippen LogP contribution in [-0.2, 0) is 14.8 Å². The number of hydrogen-bond acceptors (Lipinski definition) is 4. The van der Waals surface area contributed by atoms with Crippen molar-refractivity contribution in [1.29, 1.82) is 0 Å². The second-order valence-corrected chi connectivity index (χ2v) is 8.34. The Balaban J connectivity index is 1.57. The van der Waals surface area contributed by atoms with E-state index in [-0.39, 0.29) is 49.3 Å². The molecule has 144 valence electrons. The molecule has 0 unspecified atom stereocenters. The number of amides is 1. The third-order valence-corrected chi connectivity index (χ3v) is 6.34. The normalized spacial score (nSPS) is 15.6. The maximum Gasteiger partial charge on any atom is 0.260 e. The summed E-state index contributed by atoms with van der Waals surface area (Å²) in [5.74, 6) is -0.853. The molecule has 0 N–H and O–H groups in total. The molecule has 0 aliphatic carbocycles. The van der Waals surface area contributed by atoms with Crippen molar-refractivity contribution in [1.82, 2.24) is 9.21 Å². The predicted molar refractivity (Wildman–Crippen MR) is 98.7 cm³/mol. The number of piperazine rings is 1. The zero-order valence-corrected chi connectivity index (χ0v) is 15.9. The van der Waals surface area contributed by atoms with E-state index in [1.54, 1.807) is 18.2 Å². The van der Waals surface area contributed by atoms with Gasteiger partial charge in [-0.1, -0.05) is 29.8 Å². The Bertz CT molecular complexity index is 930. The van der Waals surface area contributed by atoms with Crippen LogP contribution in [-0.4, -0.2) is 56.3 Å². The van der Waals surface area contributed by atoms with Gasteiger partial charge in [0.25, 0.3) is 5.91 Å². The molecule has 1 saturated heterocycles. The molecule has 6 nitrogen and oxygen atoms in total. The van der Waals surface area contributed by atoms with Gasteiger partial charge < -0.3 is 9.64 Å². The fourth-order valence-corrected chi connectivity index (χ4v) is 4.47. The van der Waals surface area contributed by atoms with Gasteiger partial charge in [-0.25, -0.2) is 12.8 Å². The molecule has 0 atom stereocenters. The SMILES string of the molecule is O=C(COc1ccccc1F)N1CCN(S(=O)(=O)c2cccc(Cl)c2)CC1. The molecule has 2 aromatic carbocycles. The summed E-state index contributed by atoms with van der Waals surface area (Å²) in [5.41, 5.74) is 0. The average Bonchev–Trinajstić information content (AvgIpc) is 2.67. The first-order chi connectivity index (χ1) is 12.9. The van der Waals surface area contributed by atoms with Crippen molar-refractivity contribution in [2.75, 3.05) is 32.8 Å². The van der Waals surface area contributed by atoms with Gasteiger partial charge >= 0.3 is 0 Å². The van der Waals surface area contributed by atoms with Crippen LogP contribution in [0.2, 0.25) is 5.02 Å². The highest BCUT2D eigenvalue weighted by Gasteiger charge is 2.30. The minimum absolute atomic E-state index is 0.00743. The monoisotopic (exact) mass is 412 g/mol. The molecule has 9 heteroatoms. The van der Waals surface area contributed by atoms with E-state index in [9.17, 15) is 17.6 Å². The molecule has 3 rings (SSSR count). The minimum Gasteiger partial charge on any atom is -0.481 e. The fourth-order valence-electron chi connectivity index (χ4n) is 2.75. The number of hydrogen-bond donors (Lipinski definition) is 0. The summed E-state index contributed by atoms with van der Waals surface area (Å²) in [6.07, 6.45) is 0. The Morgan fingerprint density at radius 2 is 1.78 bits per heavy atom. The Morgan fingerprint density at radius 3 is 2.44 bits per heavy atom. The highest BCUT2D eigenvalue weighted by molar-refractivity contribution is 7.89. The van der Waals surface area contributed by atoms with Gasteiger partial charge in [0.05, 0.1) is 4.90 Å². The van der Waals surface area contributed by atoms with Crippen molar-refractivity contribution in [3.8, 4) is 5.75 Å². The van der Waals surface area contributed by atoms with E-state index in [2.05, 4.69) is 0 Å². The van der Waals surface area contributed by atoms with E-state index < -0.39 is 15.8 Å². The third kappa shape index (κ3) is 4.58. The van der Waals surface area contributed by atoms with Gasteiger partial charge in [0.2, 0.25) is 10.0 Å². The van der Waals surface area contributed by atoms with E-state index in [0.717, 1.165) is 0 Å². The highest BCUT2D eigenvalue weighted by Crippen LogP contribution is 2.21. The van der Waals surface area contributed by atoms with Gasteiger partial charge in [0, 0.05) is 31.2 Å². The van der Waals surface area contributed by atoms with Gasteiger partial charge in [-0.05, 0) is 30.3 Å². The summed E-state index contributed by atoms with van der Waals surface area (Å²) in [6, 6.07) is 11.9. The molecule has 1 amide bonds. The molecule has 0 radical (unpaired) electrons. The lowest BCUT2D eigenvalue weighted by Gasteiger charge is -2.34. The molecule has 1 fully saturated rings. The molecule has 27 heavy (non-hydrogen) atoms. The highest BCUT2D eigenvalue weighted by atomic mass is 35.5. The summed E-state index contributed by atoms with van der Waals surface area (Å²) in [4.78, 5) is 13.9. The maximum atomic E-state index is 13.5. The lowest BCUT2D eigenvalue weighted by molar-refractivity contribution is -0.134. The van der Waals surface area contributed by atoms with Crippen molar-refractivity contribution in [3.05, 3.63) is 59.4 Å². The molecule has 1 aliphatic rings. The van der Waals surface area contributed by atoms with Gasteiger partial charge in [0.15, 0.2) is 18.2 Å². The van der Waals surface area contributed by atoms with Crippen LogP contribution in [0.3, 0.4) is 0 Å². The molecule has 2 aromatic rings. The third-order valence-electron chi connectivity index (χ3n) is 4.21. The Labute approximate surface area is 162 Å². The van der Waals surface area contributed by atoms with Crippen LogP contribution in [0.4, 0.5) is 4.39 Å². The summed E-state index contributed by atoms with van der Waals surface area (Å²) < 4.78 is 45.4. The number of benzene rings is 2. The first kappa shape index (κ1) is 19.6. The Kier molecular flexibility index (Phi) is 5.98. The van der Waals surface area contributed by atoms with Crippen molar-refractivity contribution < 1.29 is 22.3 Å². The van der Waals surface area contributed by atoms with Crippen LogP contribution < -0.4 is 4.74 Å². The van der Waals surface area contributed by atoms with Crippen LogP contribution in [0.1, 0.15) is 0 Å². The second kappa shape index (κ2) is 8.24. The molecular weight excluding hydrogens is 395 g/mol. The zero-order chi connectivity index (χ0) is 19.4. The second-order valence-electron chi connectivity index (χ2n) is 5.96. The lowest BCUT2D eigenvalue weighted by atomic mass is 10.3. The number of sulfonamides is 1. The van der Waals surface area contributed by atoms with E-state index in [0.29, 0.717) is 5.02 Å². The first-order valence-electron chi connectivity index (χ1n) is 8.29. The Hall–Kier alpha value is -2.16. The smallest absolute Gasteiger partial charge is 0.260 e. The topological polar surface area (TPSA) is 66.9 Å². The van der Waals surface area contributed by atoms with E-state index in [1.807, 2.05) is 0 Å². The summed E-state index contributed by atoms with van der Waals surface area (Å²) >= 11 is 5.87. The number of carbonyl (C=O) groups excluding carboxylic acids is 1. The van der Waals surface area contributed by atoms with E-state index >= 15 is 0 Å². The maximum absolute atomic E-state index is 13.5. The summed E-state index contributed by atoms with van der Waals surface area (Å²) in [5, 5.41) is 0.343. The number of rotatable bonds is 5. The van der Waals surface area contributed by atoms with Crippen molar-refractivity contribution in [2.45, 2.75) is 4.90 Å². The average molecular weight is 413 g/mol. The van der Waals surface area contributed by atoms with E-state index in [1.165, 1.54) is 39.5 Å². The van der Waals surface area contributed by atoms with Crippen molar-refractivity contribution >= 4 is 27.5 Å². The number of ether oxygens (including phenoxy) is 1. The van der Waals surface area contributed by atoms with Crippen molar-refractivity contribution in [3.63, 3.8) is 0 Å². The van der Waals surface area contributed by atoms with Crippen LogP contribution in [0.15, 0.2) is 53.4 Å². The van der Waals surface area contributed by atoms with E-state index in [4.69, 9.17) is 16.3 Å². The van der Waals surface area contributed by atoms with Crippen LogP contribution in [0.25, 0.3) is 0 Å². The Morgan fingerprint density at radius 1 is 1.07 bits per heavy atom. The van der Waals surface area contributed by atoms with Crippen LogP contribution in [0.5, 0.6) is 5.75 Å². The molecule has 0 spiro atoms. The molecule has 0 saturated carbocycles. The largest absolute Gasteiger partial charge is 0.481 e. The molecule has 1 heterocycles. The minimum atomic E-state index is -3.66. The summed E-state index contributed by atoms with van der Waals surface area (Å²) in [6.45, 7) is 0.501. The summed E-state index contributed by atoms with van der Waals surface area (Å²) in [7, 11) is -3.66. The van der Waals surface area contributed by atoms with Gasteiger partial charge in [-0.2, -0.15) is 4.31 Å². The number of carbonyl (C=O) groups is 1. The molecule has 1 aliphatic heterocycles. The first-order valence-corrected chi connectivity index (χ1v) is 10.1. The van der Waals surface area contributed by atoms with Gasteiger partial charge in [-0.3, -0.25) is 4.79 Å². The zero-order valence-electron chi connectivity index (χ0n) is 14.3. The van der Waals surface area contributed by atoms with Crippen LogP contribution >= 0.6 is 11.6 Å².